The minimum Gasteiger partial charge on any atom is -0.496 e. The smallest absolute Gasteiger partial charge is 0.261 e. The van der Waals surface area contributed by atoms with E-state index in [1.54, 1.807) is 37.3 Å². The van der Waals surface area contributed by atoms with Crippen molar-refractivity contribution in [3.8, 4) is 11.5 Å². The van der Waals surface area contributed by atoms with E-state index in [-0.39, 0.29) is 18.6 Å². The van der Waals surface area contributed by atoms with Gasteiger partial charge in [0, 0.05) is 12.6 Å². The third-order valence-electron chi connectivity index (χ3n) is 4.26. The first-order chi connectivity index (χ1) is 10.7. The van der Waals surface area contributed by atoms with E-state index in [1.807, 2.05) is 0 Å². The van der Waals surface area contributed by atoms with Gasteiger partial charge in [0.2, 0.25) is 0 Å². The van der Waals surface area contributed by atoms with Gasteiger partial charge in [0.05, 0.1) is 20.8 Å². The minimum atomic E-state index is -0.129. The van der Waals surface area contributed by atoms with Gasteiger partial charge >= 0.3 is 0 Å². The molecule has 0 aromatic heterocycles. The van der Waals surface area contributed by atoms with Gasteiger partial charge in [0.1, 0.15) is 17.1 Å². The summed E-state index contributed by atoms with van der Waals surface area (Å²) < 4.78 is 10.7. The van der Waals surface area contributed by atoms with Crippen LogP contribution in [0.25, 0.3) is 0 Å². The van der Waals surface area contributed by atoms with Gasteiger partial charge in [-0.3, -0.25) is 4.79 Å². The number of benzene rings is 1. The van der Waals surface area contributed by atoms with Crippen LogP contribution in [0.4, 0.5) is 0 Å². The number of methoxy groups -OCH3 is 2. The number of aliphatic hydroxyl groups is 1. The van der Waals surface area contributed by atoms with Gasteiger partial charge in [-0.1, -0.05) is 25.3 Å². The maximum Gasteiger partial charge on any atom is 0.261 e. The first kappa shape index (κ1) is 16.6. The van der Waals surface area contributed by atoms with Crippen LogP contribution in [-0.2, 0) is 0 Å². The standard InChI is InChI=1S/C17H25NO4/c1-21-14-9-6-10-15(22-2)16(14)17(20)18(11-12-19)13-7-4-3-5-8-13/h6,9-10,13,19H,3-5,7-8,11-12H2,1-2H3. The molecule has 5 nitrogen and oxygen atoms in total. The zero-order chi connectivity index (χ0) is 15.9. The molecule has 5 heteroatoms. The van der Waals surface area contributed by atoms with E-state index in [4.69, 9.17) is 9.47 Å². The number of aliphatic hydroxyl groups excluding tert-OH is 1. The zero-order valence-electron chi connectivity index (χ0n) is 13.4. The first-order valence-corrected chi connectivity index (χ1v) is 7.85. The summed E-state index contributed by atoms with van der Waals surface area (Å²) in [6.07, 6.45) is 5.45. The van der Waals surface area contributed by atoms with Gasteiger partial charge in [0.25, 0.3) is 5.91 Å². The molecule has 122 valence electrons. The van der Waals surface area contributed by atoms with Crippen molar-refractivity contribution in [3.05, 3.63) is 23.8 Å². The second kappa shape index (κ2) is 8.03. The quantitative estimate of drug-likeness (QED) is 0.877. The van der Waals surface area contributed by atoms with E-state index in [9.17, 15) is 9.90 Å². The molecule has 0 radical (unpaired) electrons. The maximum absolute atomic E-state index is 13.0. The van der Waals surface area contributed by atoms with Gasteiger partial charge in [0.15, 0.2) is 0 Å². The van der Waals surface area contributed by atoms with Gasteiger partial charge < -0.3 is 19.5 Å². The molecule has 0 atom stereocenters. The molecule has 1 aromatic rings. The lowest BCUT2D eigenvalue weighted by Crippen LogP contribution is -2.43. The third kappa shape index (κ3) is 3.53. The van der Waals surface area contributed by atoms with Crippen molar-refractivity contribution in [3.63, 3.8) is 0 Å². The Kier molecular flexibility index (Phi) is 6.07. The molecule has 0 aliphatic heterocycles. The summed E-state index contributed by atoms with van der Waals surface area (Å²) in [5.41, 5.74) is 0.437. The Morgan fingerprint density at radius 3 is 2.27 bits per heavy atom. The Labute approximate surface area is 131 Å². The van der Waals surface area contributed by atoms with E-state index >= 15 is 0 Å². The second-order valence-electron chi connectivity index (χ2n) is 5.55. The number of ether oxygens (including phenoxy) is 2. The van der Waals surface area contributed by atoms with E-state index in [0.717, 1.165) is 25.7 Å². The van der Waals surface area contributed by atoms with E-state index in [1.165, 1.54) is 6.42 Å². The van der Waals surface area contributed by atoms with Crippen LogP contribution >= 0.6 is 0 Å². The molecular formula is C17H25NO4. The number of carbonyl (C=O) groups is 1. The topological polar surface area (TPSA) is 59.0 Å². The zero-order valence-corrected chi connectivity index (χ0v) is 13.4. The highest BCUT2D eigenvalue weighted by atomic mass is 16.5. The number of rotatable bonds is 6. The molecule has 0 spiro atoms. The highest BCUT2D eigenvalue weighted by Crippen LogP contribution is 2.32. The third-order valence-corrected chi connectivity index (χ3v) is 4.26. The Balaban J connectivity index is 2.33. The van der Waals surface area contributed by atoms with Crippen LogP contribution in [0.2, 0.25) is 0 Å². The molecule has 2 rings (SSSR count). The highest BCUT2D eigenvalue weighted by molar-refractivity contribution is 6.00. The summed E-state index contributed by atoms with van der Waals surface area (Å²) in [7, 11) is 3.09. The number of amides is 1. The molecule has 1 saturated carbocycles. The molecule has 0 saturated heterocycles. The van der Waals surface area contributed by atoms with Crippen LogP contribution in [0.5, 0.6) is 11.5 Å². The molecule has 1 aliphatic carbocycles. The van der Waals surface area contributed by atoms with Crippen LogP contribution < -0.4 is 9.47 Å². The summed E-state index contributed by atoms with van der Waals surface area (Å²) in [5, 5.41) is 9.36. The van der Waals surface area contributed by atoms with Crippen LogP contribution in [0.3, 0.4) is 0 Å². The lowest BCUT2D eigenvalue weighted by atomic mass is 9.93. The lowest BCUT2D eigenvalue weighted by Gasteiger charge is -2.34. The predicted octanol–water partition coefficient (Wildman–Crippen LogP) is 2.47. The van der Waals surface area contributed by atoms with Gasteiger partial charge in [-0.05, 0) is 25.0 Å². The Morgan fingerprint density at radius 2 is 1.77 bits per heavy atom. The van der Waals surface area contributed by atoms with Gasteiger partial charge in [-0.15, -0.1) is 0 Å². The predicted molar refractivity (Wildman–Crippen MR) is 84.5 cm³/mol. The average molecular weight is 307 g/mol. The fraction of sp³-hybridized carbons (Fsp3) is 0.588. The molecule has 1 aliphatic rings. The van der Waals surface area contributed by atoms with Crippen molar-refractivity contribution >= 4 is 5.91 Å². The van der Waals surface area contributed by atoms with Crippen LogP contribution in [-0.4, -0.2) is 49.3 Å². The highest BCUT2D eigenvalue weighted by Gasteiger charge is 2.29. The number of nitrogens with zero attached hydrogens (tertiary/aromatic N) is 1. The molecule has 0 unspecified atom stereocenters. The van der Waals surface area contributed by atoms with E-state index in [2.05, 4.69) is 0 Å². The Hall–Kier alpha value is -1.75. The van der Waals surface area contributed by atoms with Gasteiger partial charge in [-0.2, -0.15) is 0 Å². The van der Waals surface area contributed by atoms with Crippen molar-refractivity contribution in [2.45, 2.75) is 38.1 Å². The van der Waals surface area contributed by atoms with Crippen molar-refractivity contribution < 1.29 is 19.4 Å². The average Bonchev–Trinajstić information content (AvgIpc) is 2.59. The first-order valence-electron chi connectivity index (χ1n) is 7.85. The lowest BCUT2D eigenvalue weighted by molar-refractivity contribution is 0.0578. The Bertz CT molecular complexity index is 475. The SMILES string of the molecule is COc1cccc(OC)c1C(=O)N(CCO)C1CCCCC1. The van der Waals surface area contributed by atoms with E-state index < -0.39 is 0 Å². The number of hydrogen-bond donors (Lipinski definition) is 1. The monoisotopic (exact) mass is 307 g/mol. The fourth-order valence-electron chi connectivity index (χ4n) is 3.16. The Morgan fingerprint density at radius 1 is 1.18 bits per heavy atom. The minimum absolute atomic E-state index is 0.0420. The van der Waals surface area contributed by atoms with Crippen LogP contribution in [0.15, 0.2) is 18.2 Å². The molecule has 1 N–H and O–H groups in total. The summed E-state index contributed by atoms with van der Waals surface area (Å²) in [5.74, 6) is 0.876. The maximum atomic E-state index is 13.0. The molecule has 0 heterocycles. The van der Waals surface area contributed by atoms with Crippen molar-refractivity contribution in [2.24, 2.45) is 0 Å². The number of hydrogen-bond acceptors (Lipinski definition) is 4. The second-order valence-corrected chi connectivity index (χ2v) is 5.55. The largest absolute Gasteiger partial charge is 0.496 e. The van der Waals surface area contributed by atoms with Crippen LogP contribution in [0, 0.1) is 0 Å². The normalized spacial score (nSPS) is 15.4. The summed E-state index contributed by atoms with van der Waals surface area (Å²) in [4.78, 5) is 14.8. The fourth-order valence-corrected chi connectivity index (χ4v) is 3.16. The van der Waals surface area contributed by atoms with Gasteiger partial charge in [-0.25, -0.2) is 0 Å². The molecule has 22 heavy (non-hydrogen) atoms. The summed E-state index contributed by atoms with van der Waals surface area (Å²) in [6.45, 7) is 0.296. The molecule has 1 aromatic carbocycles. The number of carbonyl (C=O) groups excluding carboxylic acids is 1. The van der Waals surface area contributed by atoms with Crippen molar-refractivity contribution in [2.75, 3.05) is 27.4 Å². The summed E-state index contributed by atoms with van der Waals surface area (Å²) >= 11 is 0. The molecule has 0 bridgehead atoms. The molecule has 1 amide bonds. The van der Waals surface area contributed by atoms with E-state index in [0.29, 0.717) is 23.6 Å². The molecule has 1 fully saturated rings. The van der Waals surface area contributed by atoms with Crippen LogP contribution in [0.1, 0.15) is 42.5 Å². The van der Waals surface area contributed by atoms with Crippen molar-refractivity contribution in [1.29, 1.82) is 0 Å². The summed E-state index contributed by atoms with van der Waals surface area (Å²) in [6, 6.07) is 5.50. The van der Waals surface area contributed by atoms with Crippen molar-refractivity contribution in [1.82, 2.24) is 4.90 Å². The molecular weight excluding hydrogens is 282 g/mol.